The molecule has 0 radical (unpaired) electrons. The number of aliphatic hydroxyl groups is 4. The number of likely N-dealkylation sites (tertiary alicyclic amines) is 4. The number of aromatic nitrogens is 7. The predicted molar refractivity (Wildman–Crippen MR) is 528 cm³/mol. The molecule has 2 unspecified atom stereocenters. The summed E-state index contributed by atoms with van der Waals surface area (Å²) in [5.41, 5.74) is 20.8. The van der Waals surface area contributed by atoms with Crippen molar-refractivity contribution in [2.45, 2.75) is 240 Å². The second-order valence-electron chi connectivity index (χ2n) is 37.7. The van der Waals surface area contributed by atoms with E-state index in [0.29, 0.717) is 79.1 Å². The van der Waals surface area contributed by atoms with Gasteiger partial charge in [-0.3, -0.25) is 43.2 Å². The Morgan fingerprint density at radius 2 is 0.835 bits per heavy atom. The molecule has 0 bridgehead atoms. The highest BCUT2D eigenvalue weighted by molar-refractivity contribution is 7.14. The van der Waals surface area contributed by atoms with E-state index in [9.17, 15) is 63.6 Å². The molecule has 0 saturated carbocycles. The third-order valence-electron chi connectivity index (χ3n) is 25.8. The van der Waals surface area contributed by atoms with Crippen LogP contribution in [0.1, 0.15) is 195 Å². The van der Waals surface area contributed by atoms with Crippen molar-refractivity contribution in [1.29, 1.82) is 0 Å². The Morgan fingerprint density at radius 3 is 1.19 bits per heavy atom. The molecule has 9 amide bonds. The number of fused-ring (bicyclic) bond motifs is 1. The number of β-amino-alcohol motifs (C(OH)–C–C–N with tert-alkyl or cyclic N) is 4. The maximum absolute atomic E-state index is 14.0. The summed E-state index contributed by atoms with van der Waals surface area (Å²) in [5.74, 6) is -2.31. The summed E-state index contributed by atoms with van der Waals surface area (Å²) < 4.78 is 16.0. The molecule has 17 rings (SSSR count). The molecular weight excluding hydrogens is 1850 g/mol. The highest BCUT2D eigenvalue weighted by Crippen LogP contribution is 2.39. The van der Waals surface area contributed by atoms with E-state index in [1.807, 2.05) is 200 Å². The van der Waals surface area contributed by atoms with Crippen LogP contribution < -0.4 is 21.3 Å². The van der Waals surface area contributed by atoms with Gasteiger partial charge in [0, 0.05) is 102 Å². The lowest BCUT2D eigenvalue weighted by Gasteiger charge is -2.35. The van der Waals surface area contributed by atoms with E-state index in [1.54, 1.807) is 116 Å². The first-order valence-corrected chi connectivity index (χ1v) is 50.1. The molecule has 0 spiro atoms. The average molecular weight is 1970 g/mol. The molecule has 0 aliphatic carbocycles. The molecule has 5 aromatic carbocycles. The zero-order valence-corrected chi connectivity index (χ0v) is 83.9. The molecule has 732 valence electrons. The van der Waals surface area contributed by atoms with Gasteiger partial charge >= 0.3 is 0 Å². The Kier molecular flexibility index (Phi) is 32.8. The molecule has 139 heavy (non-hydrogen) atoms. The maximum atomic E-state index is 14.0. The van der Waals surface area contributed by atoms with Crippen LogP contribution in [0.3, 0.4) is 0 Å². The summed E-state index contributed by atoms with van der Waals surface area (Å²) in [6, 6.07) is 40.7. The van der Waals surface area contributed by atoms with Crippen LogP contribution >= 0.6 is 45.3 Å². The van der Waals surface area contributed by atoms with Gasteiger partial charge in [0.2, 0.25) is 47.3 Å². The first kappa shape index (κ1) is 102. The van der Waals surface area contributed by atoms with Gasteiger partial charge in [-0.1, -0.05) is 165 Å². The number of nitrogens with one attached hydrogen (secondary N) is 4. The van der Waals surface area contributed by atoms with Gasteiger partial charge in [-0.05, 0) is 144 Å². The van der Waals surface area contributed by atoms with Crippen LogP contribution in [0.5, 0.6) is 0 Å². The fourth-order valence-corrected chi connectivity index (χ4v) is 21.6. The van der Waals surface area contributed by atoms with Gasteiger partial charge in [0.15, 0.2) is 5.76 Å². The van der Waals surface area contributed by atoms with Crippen molar-refractivity contribution in [3.8, 4) is 41.8 Å². The molecule has 4 fully saturated rings. The van der Waals surface area contributed by atoms with E-state index in [0.717, 1.165) is 92.4 Å². The summed E-state index contributed by atoms with van der Waals surface area (Å²) in [5, 5.41) is 65.0. The fraction of sp³-hybridized carbons (Fsp3) is 0.417. The van der Waals surface area contributed by atoms with Crippen molar-refractivity contribution in [1.82, 2.24) is 81.2 Å². The summed E-state index contributed by atoms with van der Waals surface area (Å²) in [6.45, 7) is 30.0. The smallest absolute Gasteiger partial charge is 0.255 e. The molecule has 11 atom stereocenters. The number of hydrogen-bond donors (Lipinski definition) is 8. The van der Waals surface area contributed by atoms with Gasteiger partial charge in [-0.2, -0.15) is 0 Å². The summed E-state index contributed by atoms with van der Waals surface area (Å²) in [6.07, 6.45) is -0.959. The van der Waals surface area contributed by atoms with Gasteiger partial charge in [-0.25, -0.2) is 19.9 Å². The first-order valence-electron chi connectivity index (χ1n) is 46.6. The zero-order chi connectivity index (χ0) is 99.6. The molecule has 5 aliphatic rings. The second-order valence-corrected chi connectivity index (χ2v) is 41.1. The van der Waals surface area contributed by atoms with Crippen LogP contribution in [-0.2, 0) is 76.5 Å². The Hall–Kier alpha value is -12.7. The number of rotatable bonds is 27. The van der Waals surface area contributed by atoms with E-state index in [4.69, 9.17) is 13.6 Å². The lowest BCUT2D eigenvalue weighted by molar-refractivity contribution is -0.143. The number of thiazole rings is 4. The van der Waals surface area contributed by atoms with E-state index in [2.05, 4.69) is 56.7 Å². The number of hydrogen-bond acceptors (Lipinski definition) is 27. The van der Waals surface area contributed by atoms with Crippen molar-refractivity contribution in [3.05, 3.63) is 252 Å². The number of aryl methyl sites for hydroxylation is 7. The fourth-order valence-electron chi connectivity index (χ4n) is 18.3. The monoisotopic (exact) mass is 1960 g/mol. The molecule has 8 N–H and O–H groups in total. The average Bonchev–Trinajstić information content (AvgIpc) is 1.57. The number of benzene rings is 5. The van der Waals surface area contributed by atoms with Crippen LogP contribution in [0, 0.1) is 60.3 Å². The minimum atomic E-state index is -1.20. The van der Waals surface area contributed by atoms with Gasteiger partial charge in [0.25, 0.3) is 5.91 Å². The van der Waals surface area contributed by atoms with Crippen molar-refractivity contribution in [2.75, 3.05) is 26.2 Å². The zero-order valence-electron chi connectivity index (χ0n) is 80.6. The third kappa shape index (κ3) is 24.1. The highest BCUT2D eigenvalue weighted by Gasteiger charge is 2.51. The Labute approximate surface area is 823 Å². The number of carbonyl (C=O) groups excluding carboxylic acids is 9. The molecule has 7 aromatic heterocycles. The van der Waals surface area contributed by atoms with E-state index < -0.39 is 71.4 Å². The SMILES string of the molecule is CCC(C(=O)N1C[C@H](O)C[C@H]1C(=O)NCc1ccc(-c2scnc2C)cc1)c1cc(C)no1.Cc1cc(C(C(=O)N2C[C@H](O)C[C@H]2C(=O)NCc2ccc(-c3scnc3C)cc2)C(C)C)on1.Cc1cc(C(C)(C)C(=O)N2C[C@H](O)C[C@H]2C(=O)NCc2ccc(-c3scnc3C)cc2)on1.Cc1ncsc1-c1ccc(CNC(=O)[C@@H]2C[C@@](C)(O)CN2C(=O)[C@H](C(C)C)N2Cc3ccccc3C2=O)cc1. The van der Waals surface area contributed by atoms with Crippen LogP contribution in [-0.4, -0.2) is 214 Å². The maximum Gasteiger partial charge on any atom is 0.255 e. The number of aliphatic hydroxyl groups excluding tert-OH is 3. The first-order chi connectivity index (χ1) is 66.3. The highest BCUT2D eigenvalue weighted by atomic mass is 32.1. The molecule has 36 heteroatoms. The van der Waals surface area contributed by atoms with Gasteiger partial charge in [0.1, 0.15) is 53.1 Å². The van der Waals surface area contributed by atoms with Crippen molar-refractivity contribution in [2.24, 2.45) is 11.8 Å². The molecule has 5 aliphatic heterocycles. The Balaban J connectivity index is 0.000000148. The van der Waals surface area contributed by atoms with Crippen molar-refractivity contribution >= 4 is 98.5 Å². The van der Waals surface area contributed by atoms with E-state index in [1.165, 1.54) is 19.6 Å². The quantitative estimate of drug-likeness (QED) is 0.0237. The predicted octanol–water partition coefficient (Wildman–Crippen LogP) is 13.4. The van der Waals surface area contributed by atoms with E-state index >= 15 is 0 Å². The summed E-state index contributed by atoms with van der Waals surface area (Å²) in [4.78, 5) is 149. The standard InChI is InChI=1S/C30H34N4O4S.C25H30N4O4S.2C24H28N4O4S/c1-18(2)25(33-15-22-7-5-6-8-23(22)28(33)36)29(37)34-16-30(4,38)13-24(34)27(35)31-14-20-9-11-21(12-10-20)26-19(3)32-17-39-26;1-14(2)22(21-9-15(3)28-33-21)25(32)29-12-19(30)10-20(29)24(31)26-11-17-5-7-18(8-6-17)23-16(4)27-13-34-23;1-14-9-20(32-27-14)24(3,4)23(31)28-12-18(29)10-19(28)22(30)25-11-16-5-7-17(8-6-16)21-15(2)26-13-33-21;1-4-19(21-9-14(2)27-32-21)24(31)28-12-18(29)10-20(28)23(30)25-11-16-5-7-17(8-6-16)22-15(3)26-13-33-22/h5-12,17-18,24-25,38H,13-16H2,1-4H3,(H,31,35);5-9,13-14,19-20,22,30H,10-12H2,1-4H3,(H,26,31);5-9,13,18-19,29H,10-12H2,1-4H3,(H,25,30);5-9,13,18-20,29H,4,10-12H2,1-3H3,(H,25,30)/t24-,25-,30+;19-,20+,22?;18-,19+;18-,19?,20+/m0111/s1. The number of amides is 9. The minimum Gasteiger partial charge on any atom is -0.391 e. The Bertz CT molecular complexity index is 6330. The van der Waals surface area contributed by atoms with Gasteiger partial charge in [-0.15, -0.1) is 45.3 Å². The lowest BCUT2D eigenvalue weighted by atomic mass is 9.88. The largest absolute Gasteiger partial charge is 0.391 e. The molecular formula is C103H120N16O16S4. The van der Waals surface area contributed by atoms with Crippen molar-refractivity contribution < 1.29 is 77.1 Å². The minimum absolute atomic E-state index is 0.0328. The van der Waals surface area contributed by atoms with Crippen LogP contribution in [0.4, 0.5) is 0 Å². The second kappa shape index (κ2) is 44.6. The topological polar surface area (TPSA) is 429 Å². The van der Waals surface area contributed by atoms with Crippen LogP contribution in [0.2, 0.25) is 0 Å². The van der Waals surface area contributed by atoms with Crippen LogP contribution in [0.25, 0.3) is 41.8 Å². The summed E-state index contributed by atoms with van der Waals surface area (Å²) >= 11 is 6.38. The van der Waals surface area contributed by atoms with E-state index in [-0.39, 0.29) is 117 Å². The molecule has 32 nitrogen and oxygen atoms in total. The Morgan fingerprint density at radius 1 is 0.468 bits per heavy atom. The lowest BCUT2D eigenvalue weighted by Crippen LogP contribution is -2.55. The van der Waals surface area contributed by atoms with Crippen LogP contribution in [0.15, 0.2) is 175 Å². The normalized spacial score (nSPS) is 19.5. The number of nitrogens with zero attached hydrogens (tertiary/aromatic N) is 12. The van der Waals surface area contributed by atoms with Crippen molar-refractivity contribution in [3.63, 3.8) is 0 Å². The molecule has 12 heterocycles. The molecule has 4 saturated heterocycles. The number of carbonyl (C=O) groups is 9. The van der Waals surface area contributed by atoms with Gasteiger partial charge in [0.05, 0.1) is 118 Å². The third-order valence-corrected chi connectivity index (χ3v) is 29.7. The summed E-state index contributed by atoms with van der Waals surface area (Å²) in [7, 11) is 0. The molecule has 12 aromatic rings. The van der Waals surface area contributed by atoms with Gasteiger partial charge < -0.3 is 79.8 Å².